The first-order valence-electron chi connectivity index (χ1n) is 12.8. The monoisotopic (exact) mass is 573 g/mol. The van der Waals surface area contributed by atoms with Crippen LogP contribution in [0.2, 0.25) is 5.02 Å². The number of benzene rings is 3. The molecule has 9 heteroatoms. The number of amides is 1. The molecule has 0 bridgehead atoms. The SMILES string of the molecule is CCOc1cc(C=C2C(=N)N3C(c4ccccc4Cl)=CSC3=NC2=O)ccc1OCCOc1ccc(C)c(C)c1. The van der Waals surface area contributed by atoms with Crippen molar-refractivity contribution in [3.63, 3.8) is 0 Å². The molecule has 0 saturated carbocycles. The minimum atomic E-state index is -0.473. The van der Waals surface area contributed by atoms with Crippen molar-refractivity contribution >= 4 is 52.0 Å². The van der Waals surface area contributed by atoms with Gasteiger partial charge in [-0.1, -0.05) is 53.7 Å². The van der Waals surface area contributed by atoms with Crippen LogP contribution in [0.25, 0.3) is 11.8 Å². The van der Waals surface area contributed by atoms with Gasteiger partial charge in [0.25, 0.3) is 5.91 Å². The highest BCUT2D eigenvalue weighted by Crippen LogP contribution is 2.40. The quantitative estimate of drug-likeness (QED) is 0.217. The molecule has 0 radical (unpaired) electrons. The summed E-state index contributed by atoms with van der Waals surface area (Å²) in [5.74, 6) is 1.47. The van der Waals surface area contributed by atoms with Crippen molar-refractivity contribution in [2.75, 3.05) is 19.8 Å². The number of rotatable bonds is 9. The van der Waals surface area contributed by atoms with Crippen LogP contribution in [0.1, 0.15) is 29.2 Å². The first-order valence-corrected chi connectivity index (χ1v) is 14.1. The molecule has 2 aliphatic heterocycles. The normalized spacial score (nSPS) is 15.6. The predicted octanol–water partition coefficient (Wildman–Crippen LogP) is 7.12. The number of nitrogens with one attached hydrogen (secondary N) is 1. The van der Waals surface area contributed by atoms with Crippen LogP contribution in [0, 0.1) is 19.3 Å². The van der Waals surface area contributed by atoms with Crippen LogP contribution in [0.5, 0.6) is 17.2 Å². The molecule has 3 aromatic carbocycles. The molecule has 1 N–H and O–H groups in total. The van der Waals surface area contributed by atoms with E-state index in [1.165, 1.54) is 22.9 Å². The van der Waals surface area contributed by atoms with Crippen molar-refractivity contribution in [2.45, 2.75) is 20.8 Å². The van der Waals surface area contributed by atoms with E-state index in [-0.39, 0.29) is 11.4 Å². The molecule has 7 nitrogen and oxygen atoms in total. The van der Waals surface area contributed by atoms with Gasteiger partial charge in [-0.05, 0) is 73.9 Å². The van der Waals surface area contributed by atoms with Gasteiger partial charge in [0, 0.05) is 16.0 Å². The van der Waals surface area contributed by atoms with Crippen LogP contribution in [0.15, 0.2) is 76.6 Å². The lowest BCUT2D eigenvalue weighted by atomic mass is 10.1. The number of carbonyl (C=O) groups is 1. The van der Waals surface area contributed by atoms with E-state index in [9.17, 15) is 4.79 Å². The Labute approximate surface area is 242 Å². The van der Waals surface area contributed by atoms with Gasteiger partial charge < -0.3 is 14.2 Å². The van der Waals surface area contributed by atoms with E-state index in [0.717, 1.165) is 11.3 Å². The number of carbonyl (C=O) groups excluding carboxylic acids is 1. The second kappa shape index (κ2) is 12.0. The molecule has 3 aromatic rings. The number of amidine groups is 2. The summed E-state index contributed by atoms with van der Waals surface area (Å²) in [5, 5.41) is 11.7. The lowest BCUT2D eigenvalue weighted by molar-refractivity contribution is -0.114. The second-order valence-corrected chi connectivity index (χ2v) is 10.4. The second-order valence-electron chi connectivity index (χ2n) is 9.12. The van der Waals surface area contributed by atoms with Crippen LogP contribution in [0.4, 0.5) is 0 Å². The maximum Gasteiger partial charge on any atom is 0.283 e. The summed E-state index contributed by atoms with van der Waals surface area (Å²) >= 11 is 7.72. The molecule has 0 atom stereocenters. The van der Waals surface area contributed by atoms with Gasteiger partial charge in [0.2, 0.25) is 0 Å². The minimum absolute atomic E-state index is 0.0351. The highest BCUT2D eigenvalue weighted by molar-refractivity contribution is 8.17. The zero-order chi connectivity index (χ0) is 28.2. The van der Waals surface area contributed by atoms with E-state index < -0.39 is 5.91 Å². The van der Waals surface area contributed by atoms with Crippen molar-refractivity contribution < 1.29 is 19.0 Å². The number of halogens is 1. The minimum Gasteiger partial charge on any atom is -0.490 e. The van der Waals surface area contributed by atoms with E-state index in [0.29, 0.717) is 52.8 Å². The Kier molecular flexibility index (Phi) is 8.28. The Balaban J connectivity index is 1.32. The average molecular weight is 574 g/mol. The number of aryl methyl sites for hydroxylation is 2. The zero-order valence-corrected chi connectivity index (χ0v) is 23.9. The molecular formula is C31H28ClN3O4S. The molecule has 1 amide bonds. The Morgan fingerprint density at radius 3 is 2.55 bits per heavy atom. The first-order chi connectivity index (χ1) is 19.4. The van der Waals surface area contributed by atoms with Crippen LogP contribution in [-0.2, 0) is 4.79 Å². The maximum atomic E-state index is 12.9. The maximum absolute atomic E-state index is 12.9. The number of aliphatic imine (C=N–C) groups is 1. The highest BCUT2D eigenvalue weighted by atomic mass is 35.5. The van der Waals surface area contributed by atoms with Gasteiger partial charge in [-0.15, -0.1) is 0 Å². The van der Waals surface area contributed by atoms with Crippen LogP contribution in [-0.4, -0.2) is 41.6 Å². The predicted molar refractivity (Wildman–Crippen MR) is 162 cm³/mol. The van der Waals surface area contributed by atoms with Crippen LogP contribution in [0.3, 0.4) is 0 Å². The number of ether oxygens (including phenoxy) is 3. The van der Waals surface area contributed by atoms with Gasteiger partial charge in [0.1, 0.15) is 24.8 Å². The van der Waals surface area contributed by atoms with E-state index >= 15 is 0 Å². The molecule has 0 spiro atoms. The largest absolute Gasteiger partial charge is 0.490 e. The van der Waals surface area contributed by atoms with Crippen molar-refractivity contribution in [3.05, 3.63) is 98.9 Å². The van der Waals surface area contributed by atoms with E-state index in [1.807, 2.05) is 54.8 Å². The molecule has 2 heterocycles. The van der Waals surface area contributed by atoms with Crippen molar-refractivity contribution in [1.82, 2.24) is 4.90 Å². The average Bonchev–Trinajstić information content (AvgIpc) is 3.36. The molecule has 5 rings (SSSR count). The summed E-state index contributed by atoms with van der Waals surface area (Å²) in [6.07, 6.45) is 1.65. The Bertz CT molecular complexity index is 1580. The molecule has 2 aliphatic rings. The molecule has 0 unspecified atom stereocenters. The summed E-state index contributed by atoms with van der Waals surface area (Å²) in [5.41, 5.74) is 4.72. The number of thioether (sulfide) groups is 1. The lowest BCUT2D eigenvalue weighted by Crippen LogP contribution is -2.38. The van der Waals surface area contributed by atoms with Gasteiger partial charge in [-0.2, -0.15) is 4.99 Å². The number of nitrogens with zero attached hydrogens (tertiary/aromatic N) is 2. The fourth-order valence-corrected chi connectivity index (χ4v) is 5.36. The fraction of sp³-hybridized carbons (Fsp3) is 0.194. The Morgan fingerprint density at radius 1 is 0.975 bits per heavy atom. The molecule has 40 heavy (non-hydrogen) atoms. The van der Waals surface area contributed by atoms with Crippen LogP contribution >= 0.6 is 23.4 Å². The standard InChI is InChI=1S/C31H28ClN3O4S/c1-4-37-28-17-21(10-12-27(28)39-14-13-38-22-11-9-19(2)20(3)15-22)16-24-29(33)35-26(18-40-31(35)34-30(24)36)23-7-5-6-8-25(23)32/h5-12,15-18,33H,4,13-14H2,1-3H3. The molecular weight excluding hydrogens is 546 g/mol. The third-order valence-corrected chi connectivity index (χ3v) is 7.59. The Morgan fingerprint density at radius 2 is 1.77 bits per heavy atom. The topological polar surface area (TPSA) is 84.2 Å². The molecule has 0 aromatic heterocycles. The van der Waals surface area contributed by atoms with E-state index in [2.05, 4.69) is 18.8 Å². The molecule has 0 saturated heterocycles. The van der Waals surface area contributed by atoms with E-state index in [4.69, 9.17) is 31.2 Å². The summed E-state index contributed by atoms with van der Waals surface area (Å²) < 4.78 is 17.6. The number of fused-ring (bicyclic) bond motifs is 1. The number of hydrogen-bond acceptors (Lipinski definition) is 6. The fourth-order valence-electron chi connectivity index (χ4n) is 4.24. The molecule has 204 valence electrons. The van der Waals surface area contributed by atoms with Gasteiger partial charge in [0.05, 0.1) is 17.9 Å². The van der Waals surface area contributed by atoms with Gasteiger partial charge in [-0.3, -0.25) is 15.1 Å². The summed E-state index contributed by atoms with van der Waals surface area (Å²) in [4.78, 5) is 18.8. The molecule has 0 fully saturated rings. The summed E-state index contributed by atoms with van der Waals surface area (Å²) in [7, 11) is 0. The van der Waals surface area contributed by atoms with Gasteiger partial charge in [-0.25, -0.2) is 0 Å². The zero-order valence-electron chi connectivity index (χ0n) is 22.4. The molecule has 0 aliphatic carbocycles. The Hall–Kier alpha value is -4.01. The van der Waals surface area contributed by atoms with Crippen molar-refractivity contribution in [1.29, 1.82) is 5.41 Å². The number of hydrogen-bond donors (Lipinski definition) is 1. The summed E-state index contributed by atoms with van der Waals surface area (Å²) in [6, 6.07) is 18.8. The van der Waals surface area contributed by atoms with Crippen molar-refractivity contribution in [3.8, 4) is 17.2 Å². The van der Waals surface area contributed by atoms with Gasteiger partial charge >= 0.3 is 0 Å². The third kappa shape index (κ3) is 5.78. The van der Waals surface area contributed by atoms with E-state index in [1.54, 1.807) is 29.2 Å². The highest BCUT2D eigenvalue weighted by Gasteiger charge is 2.36. The lowest BCUT2D eigenvalue weighted by Gasteiger charge is -2.27. The van der Waals surface area contributed by atoms with Gasteiger partial charge in [0.15, 0.2) is 16.7 Å². The first kappa shape index (κ1) is 27.6. The summed E-state index contributed by atoms with van der Waals surface area (Å²) in [6.45, 7) is 7.15. The third-order valence-electron chi connectivity index (χ3n) is 6.43. The van der Waals surface area contributed by atoms with Crippen LogP contribution < -0.4 is 14.2 Å². The smallest absolute Gasteiger partial charge is 0.283 e. The van der Waals surface area contributed by atoms with Crippen molar-refractivity contribution in [2.24, 2.45) is 4.99 Å².